The highest BCUT2D eigenvalue weighted by atomic mass is 19.4. The molecule has 3 rings (SSSR count). The Labute approximate surface area is 99.2 Å². The predicted octanol–water partition coefficient (Wildman–Crippen LogP) is 1.50. The molecule has 0 unspecified atom stereocenters. The summed E-state index contributed by atoms with van der Waals surface area (Å²) in [5, 5.41) is 13.6. The highest BCUT2D eigenvalue weighted by molar-refractivity contribution is 5.47. The van der Waals surface area contributed by atoms with Crippen LogP contribution < -0.4 is 0 Å². The van der Waals surface area contributed by atoms with Crippen molar-refractivity contribution < 1.29 is 13.2 Å². The molecular formula is C9H9F3N6. The topological polar surface area (TPSA) is 72.3 Å². The molecule has 1 aliphatic carbocycles. The molecule has 0 saturated heterocycles. The second-order valence-electron chi connectivity index (χ2n) is 4.20. The van der Waals surface area contributed by atoms with Crippen molar-refractivity contribution in [2.45, 2.75) is 31.5 Å². The van der Waals surface area contributed by atoms with Gasteiger partial charge in [0.1, 0.15) is 12.2 Å². The van der Waals surface area contributed by atoms with Gasteiger partial charge in [-0.2, -0.15) is 33.7 Å². The Kier molecular flexibility index (Phi) is 2.35. The second-order valence-corrected chi connectivity index (χ2v) is 4.20. The maximum Gasteiger partial charge on any atom is 0.408 e. The first-order valence-corrected chi connectivity index (χ1v) is 5.40. The summed E-state index contributed by atoms with van der Waals surface area (Å²) in [6, 6.07) is 0. The van der Waals surface area contributed by atoms with Crippen molar-refractivity contribution in [3.05, 3.63) is 12.0 Å². The SMILES string of the molecule is FC(F)(F)Cn1nc(C2CC2)nc1-c1cn[nH]n1. The molecule has 0 bridgehead atoms. The van der Waals surface area contributed by atoms with Crippen LogP contribution in [0.3, 0.4) is 0 Å². The number of aromatic amines is 1. The Morgan fingerprint density at radius 2 is 2.17 bits per heavy atom. The van der Waals surface area contributed by atoms with Gasteiger partial charge in [0.25, 0.3) is 0 Å². The van der Waals surface area contributed by atoms with E-state index in [0.29, 0.717) is 5.82 Å². The minimum atomic E-state index is -4.34. The first kappa shape index (κ1) is 11.2. The quantitative estimate of drug-likeness (QED) is 0.905. The molecule has 9 heteroatoms. The van der Waals surface area contributed by atoms with Crippen molar-refractivity contribution in [2.24, 2.45) is 0 Å². The summed E-state index contributed by atoms with van der Waals surface area (Å²) in [5.74, 6) is 0.741. The summed E-state index contributed by atoms with van der Waals surface area (Å²) in [7, 11) is 0. The number of nitrogens with one attached hydrogen (secondary N) is 1. The number of alkyl halides is 3. The van der Waals surface area contributed by atoms with Gasteiger partial charge in [-0.05, 0) is 12.8 Å². The van der Waals surface area contributed by atoms with Crippen LogP contribution in [0.25, 0.3) is 11.5 Å². The smallest absolute Gasteiger partial charge is 0.235 e. The molecule has 1 aliphatic rings. The van der Waals surface area contributed by atoms with Crippen LogP contribution in [-0.2, 0) is 6.54 Å². The first-order chi connectivity index (χ1) is 8.53. The van der Waals surface area contributed by atoms with E-state index in [1.807, 2.05) is 0 Å². The third-order valence-electron chi connectivity index (χ3n) is 2.60. The molecule has 1 saturated carbocycles. The minimum absolute atomic E-state index is 0.1000. The van der Waals surface area contributed by atoms with Gasteiger partial charge in [-0.25, -0.2) is 9.67 Å². The summed E-state index contributed by atoms with van der Waals surface area (Å²) in [6.07, 6.45) is -1.16. The van der Waals surface area contributed by atoms with Crippen LogP contribution in [0.15, 0.2) is 6.20 Å². The van der Waals surface area contributed by atoms with E-state index in [1.54, 1.807) is 0 Å². The fourth-order valence-electron chi connectivity index (χ4n) is 1.65. The summed E-state index contributed by atoms with van der Waals surface area (Å²) in [6.45, 7) is -1.17. The Bertz CT molecular complexity index is 539. The van der Waals surface area contributed by atoms with Gasteiger partial charge in [-0.3, -0.25) is 0 Å². The Hall–Kier alpha value is -1.93. The standard InChI is InChI=1S/C9H9F3N6/c10-9(11,12)4-18-8(6-3-13-17-15-6)14-7(16-18)5-1-2-5/h3,5H,1-2,4H2,(H,13,15,17). The highest BCUT2D eigenvalue weighted by Gasteiger charge is 2.34. The van der Waals surface area contributed by atoms with Crippen molar-refractivity contribution in [1.29, 1.82) is 0 Å². The molecule has 1 N–H and O–H groups in total. The third-order valence-corrected chi connectivity index (χ3v) is 2.60. The fourth-order valence-corrected chi connectivity index (χ4v) is 1.65. The Balaban J connectivity index is 1.99. The summed E-state index contributed by atoms with van der Waals surface area (Å²) < 4.78 is 38.2. The zero-order chi connectivity index (χ0) is 12.8. The monoisotopic (exact) mass is 258 g/mol. The molecule has 1 fully saturated rings. The lowest BCUT2D eigenvalue weighted by molar-refractivity contribution is -0.142. The van der Waals surface area contributed by atoms with Crippen LogP contribution in [-0.4, -0.2) is 36.4 Å². The number of H-pyrrole nitrogens is 1. The fraction of sp³-hybridized carbons (Fsp3) is 0.556. The lowest BCUT2D eigenvalue weighted by Crippen LogP contribution is -2.19. The van der Waals surface area contributed by atoms with Crippen LogP contribution >= 0.6 is 0 Å². The van der Waals surface area contributed by atoms with Gasteiger partial charge in [0, 0.05) is 5.92 Å². The van der Waals surface area contributed by atoms with E-state index < -0.39 is 12.7 Å². The molecule has 0 radical (unpaired) electrons. The maximum absolute atomic E-state index is 12.5. The summed E-state index contributed by atoms with van der Waals surface area (Å²) >= 11 is 0. The van der Waals surface area contributed by atoms with Gasteiger partial charge in [-0.1, -0.05) is 0 Å². The van der Waals surface area contributed by atoms with Crippen molar-refractivity contribution in [2.75, 3.05) is 0 Å². The van der Waals surface area contributed by atoms with Gasteiger partial charge < -0.3 is 0 Å². The molecule has 0 amide bonds. The average molecular weight is 258 g/mol. The van der Waals surface area contributed by atoms with Crippen molar-refractivity contribution in [3.63, 3.8) is 0 Å². The summed E-state index contributed by atoms with van der Waals surface area (Å²) in [5.41, 5.74) is 0.263. The molecule has 2 heterocycles. The van der Waals surface area contributed by atoms with E-state index in [2.05, 4.69) is 25.5 Å². The van der Waals surface area contributed by atoms with Gasteiger partial charge in [-0.15, -0.1) is 0 Å². The van der Waals surface area contributed by atoms with E-state index in [0.717, 1.165) is 17.5 Å². The van der Waals surface area contributed by atoms with E-state index in [1.165, 1.54) is 6.20 Å². The van der Waals surface area contributed by atoms with Crippen LogP contribution in [0.1, 0.15) is 24.6 Å². The van der Waals surface area contributed by atoms with E-state index >= 15 is 0 Å². The highest BCUT2D eigenvalue weighted by Crippen LogP contribution is 2.39. The number of hydrogen-bond acceptors (Lipinski definition) is 4. The first-order valence-electron chi connectivity index (χ1n) is 5.40. The molecule has 0 spiro atoms. The maximum atomic E-state index is 12.5. The molecule has 6 nitrogen and oxygen atoms in total. The van der Waals surface area contributed by atoms with Crippen LogP contribution in [0.2, 0.25) is 0 Å². The molecule has 2 aromatic rings. The number of halogens is 3. The van der Waals surface area contributed by atoms with Crippen LogP contribution in [0, 0.1) is 0 Å². The van der Waals surface area contributed by atoms with Gasteiger partial charge >= 0.3 is 6.18 Å². The molecular weight excluding hydrogens is 249 g/mol. The van der Waals surface area contributed by atoms with E-state index in [9.17, 15) is 13.2 Å². The van der Waals surface area contributed by atoms with Crippen molar-refractivity contribution >= 4 is 0 Å². The second kappa shape index (κ2) is 3.79. The molecule has 0 aromatic carbocycles. The molecule has 0 atom stereocenters. The predicted molar refractivity (Wildman–Crippen MR) is 53.4 cm³/mol. The van der Waals surface area contributed by atoms with Gasteiger partial charge in [0.2, 0.25) is 0 Å². The Morgan fingerprint density at radius 3 is 2.72 bits per heavy atom. The lowest BCUT2D eigenvalue weighted by atomic mass is 10.4. The molecule has 2 aromatic heterocycles. The number of aromatic nitrogens is 6. The van der Waals surface area contributed by atoms with Crippen LogP contribution in [0.5, 0.6) is 0 Å². The summed E-state index contributed by atoms with van der Waals surface area (Å²) in [4.78, 5) is 4.13. The van der Waals surface area contributed by atoms with Gasteiger partial charge in [0.15, 0.2) is 11.6 Å². The third kappa shape index (κ3) is 2.20. The lowest BCUT2D eigenvalue weighted by Gasteiger charge is -2.07. The molecule has 96 valence electrons. The van der Waals surface area contributed by atoms with Gasteiger partial charge in [0.05, 0.1) is 6.20 Å². The van der Waals surface area contributed by atoms with Crippen molar-refractivity contribution in [1.82, 2.24) is 30.2 Å². The molecule has 18 heavy (non-hydrogen) atoms. The normalized spacial score (nSPS) is 16.2. The number of hydrogen-bond donors (Lipinski definition) is 1. The van der Waals surface area contributed by atoms with E-state index in [4.69, 9.17) is 0 Å². The number of nitrogens with zero attached hydrogens (tertiary/aromatic N) is 5. The number of rotatable bonds is 3. The van der Waals surface area contributed by atoms with Crippen molar-refractivity contribution in [3.8, 4) is 11.5 Å². The zero-order valence-corrected chi connectivity index (χ0v) is 9.15. The molecule has 0 aliphatic heterocycles. The Morgan fingerprint density at radius 1 is 1.39 bits per heavy atom. The zero-order valence-electron chi connectivity index (χ0n) is 9.15. The van der Waals surface area contributed by atoms with E-state index in [-0.39, 0.29) is 17.4 Å². The van der Waals surface area contributed by atoms with Crippen LogP contribution in [0.4, 0.5) is 13.2 Å². The largest absolute Gasteiger partial charge is 0.408 e. The minimum Gasteiger partial charge on any atom is -0.235 e. The average Bonchev–Trinajstić information content (AvgIpc) is 2.83.